The van der Waals surface area contributed by atoms with Gasteiger partial charge in [0.15, 0.2) is 0 Å². The van der Waals surface area contributed by atoms with E-state index in [2.05, 4.69) is 12.2 Å². The van der Waals surface area contributed by atoms with Crippen LogP contribution in [0.25, 0.3) is 0 Å². The molecular formula is C13H22O. The van der Waals surface area contributed by atoms with E-state index in [1.54, 1.807) is 0 Å². The van der Waals surface area contributed by atoms with Crippen LogP contribution < -0.4 is 0 Å². The van der Waals surface area contributed by atoms with Crippen LogP contribution in [-0.4, -0.2) is 11.7 Å². The zero-order valence-corrected chi connectivity index (χ0v) is 9.04. The van der Waals surface area contributed by atoms with Gasteiger partial charge in [-0.05, 0) is 49.9 Å². The molecular weight excluding hydrogens is 172 g/mol. The first-order valence-electron chi connectivity index (χ1n) is 6.11. The maximum Gasteiger partial charge on any atom is 0.0436 e. The number of rotatable bonds is 4. The van der Waals surface area contributed by atoms with Gasteiger partial charge >= 0.3 is 0 Å². The molecule has 0 bridgehead atoms. The summed E-state index contributed by atoms with van der Waals surface area (Å²) in [5.74, 6) is 1.000. The summed E-state index contributed by atoms with van der Waals surface area (Å²) in [7, 11) is 0. The highest BCUT2D eigenvalue weighted by atomic mass is 16.3. The van der Waals surface area contributed by atoms with Crippen molar-refractivity contribution in [3.63, 3.8) is 0 Å². The first-order chi connectivity index (χ1) is 6.85. The van der Waals surface area contributed by atoms with Crippen molar-refractivity contribution in [1.82, 2.24) is 0 Å². The highest BCUT2D eigenvalue weighted by Gasteiger charge is 2.35. The molecule has 1 nitrogen and oxygen atoms in total. The molecule has 0 radical (unpaired) electrons. The van der Waals surface area contributed by atoms with Crippen LogP contribution in [0.2, 0.25) is 0 Å². The van der Waals surface area contributed by atoms with Crippen molar-refractivity contribution in [3.05, 3.63) is 12.2 Å². The van der Waals surface area contributed by atoms with Gasteiger partial charge in [-0.2, -0.15) is 0 Å². The zero-order valence-electron chi connectivity index (χ0n) is 9.04. The lowest BCUT2D eigenvalue weighted by Gasteiger charge is -2.32. The SMILES string of the molecule is OCCC1(CC2CC2)CCC=CCC1. The summed E-state index contributed by atoms with van der Waals surface area (Å²) in [6.07, 6.45) is 15.0. The van der Waals surface area contributed by atoms with Gasteiger partial charge in [0.25, 0.3) is 0 Å². The van der Waals surface area contributed by atoms with Gasteiger partial charge in [0.05, 0.1) is 0 Å². The maximum atomic E-state index is 9.19. The number of allylic oxidation sites excluding steroid dienone is 2. The van der Waals surface area contributed by atoms with E-state index in [-0.39, 0.29) is 0 Å². The second-order valence-electron chi connectivity index (χ2n) is 5.17. The minimum Gasteiger partial charge on any atom is -0.396 e. The Bertz CT molecular complexity index is 193. The van der Waals surface area contributed by atoms with Crippen molar-refractivity contribution in [2.45, 2.75) is 51.4 Å². The lowest BCUT2D eigenvalue weighted by Crippen LogP contribution is -2.22. The monoisotopic (exact) mass is 194 g/mol. The lowest BCUT2D eigenvalue weighted by molar-refractivity contribution is 0.142. The summed E-state index contributed by atoms with van der Waals surface area (Å²) in [5, 5.41) is 9.19. The Balaban J connectivity index is 1.95. The van der Waals surface area contributed by atoms with Crippen LogP contribution in [0.4, 0.5) is 0 Å². The summed E-state index contributed by atoms with van der Waals surface area (Å²) < 4.78 is 0. The van der Waals surface area contributed by atoms with E-state index < -0.39 is 0 Å². The summed E-state index contributed by atoms with van der Waals surface area (Å²) in [6.45, 7) is 0.382. The van der Waals surface area contributed by atoms with Gasteiger partial charge in [-0.1, -0.05) is 25.0 Å². The van der Waals surface area contributed by atoms with Gasteiger partial charge in [-0.25, -0.2) is 0 Å². The van der Waals surface area contributed by atoms with Crippen molar-refractivity contribution in [2.24, 2.45) is 11.3 Å². The molecule has 2 rings (SSSR count). The Morgan fingerprint density at radius 1 is 1.14 bits per heavy atom. The standard InChI is InChI=1S/C13H22O/c14-10-9-13(11-12-5-6-12)7-3-1-2-4-8-13/h1-2,12,14H,3-11H2. The van der Waals surface area contributed by atoms with E-state index in [4.69, 9.17) is 0 Å². The molecule has 2 aliphatic rings. The van der Waals surface area contributed by atoms with Crippen molar-refractivity contribution in [3.8, 4) is 0 Å². The van der Waals surface area contributed by atoms with Crippen molar-refractivity contribution in [2.75, 3.05) is 6.61 Å². The second-order valence-corrected chi connectivity index (χ2v) is 5.17. The van der Waals surface area contributed by atoms with Gasteiger partial charge in [0.2, 0.25) is 0 Å². The molecule has 14 heavy (non-hydrogen) atoms. The molecule has 1 saturated carbocycles. The quantitative estimate of drug-likeness (QED) is 0.681. The number of aliphatic hydroxyl groups excluding tert-OH is 1. The summed E-state index contributed by atoms with van der Waals surface area (Å²) in [5.41, 5.74) is 0.486. The molecule has 0 saturated heterocycles. The van der Waals surface area contributed by atoms with Crippen molar-refractivity contribution in [1.29, 1.82) is 0 Å². The molecule has 0 aromatic carbocycles. The van der Waals surface area contributed by atoms with E-state index in [0.29, 0.717) is 12.0 Å². The molecule has 1 N–H and O–H groups in total. The largest absolute Gasteiger partial charge is 0.396 e. The van der Waals surface area contributed by atoms with Gasteiger partial charge < -0.3 is 5.11 Å². The average Bonchev–Trinajstić information content (AvgIpc) is 2.95. The third-order valence-corrected chi connectivity index (χ3v) is 3.91. The molecule has 80 valence electrons. The van der Waals surface area contributed by atoms with E-state index in [0.717, 1.165) is 12.3 Å². The molecule has 0 aromatic heterocycles. The molecule has 0 spiro atoms. The zero-order chi connectivity index (χ0) is 9.86. The molecule has 1 fully saturated rings. The van der Waals surface area contributed by atoms with Crippen LogP contribution in [0, 0.1) is 11.3 Å². The van der Waals surface area contributed by atoms with Crippen LogP contribution in [0.1, 0.15) is 51.4 Å². The van der Waals surface area contributed by atoms with Crippen LogP contribution in [-0.2, 0) is 0 Å². The Kier molecular flexibility index (Phi) is 3.27. The molecule has 0 amide bonds. The Morgan fingerprint density at radius 3 is 2.29 bits per heavy atom. The van der Waals surface area contributed by atoms with E-state index >= 15 is 0 Å². The number of hydrogen-bond acceptors (Lipinski definition) is 1. The van der Waals surface area contributed by atoms with Crippen LogP contribution in [0.15, 0.2) is 12.2 Å². The van der Waals surface area contributed by atoms with Crippen molar-refractivity contribution < 1.29 is 5.11 Å². The smallest absolute Gasteiger partial charge is 0.0436 e. The first kappa shape index (κ1) is 10.2. The highest BCUT2D eigenvalue weighted by Crippen LogP contribution is 2.47. The van der Waals surface area contributed by atoms with E-state index in [1.165, 1.54) is 44.9 Å². The fraction of sp³-hybridized carbons (Fsp3) is 0.846. The van der Waals surface area contributed by atoms with Gasteiger partial charge in [-0.15, -0.1) is 0 Å². The topological polar surface area (TPSA) is 20.2 Å². The molecule has 1 heteroatoms. The lowest BCUT2D eigenvalue weighted by atomic mass is 9.73. The molecule has 0 heterocycles. The minimum atomic E-state index is 0.382. The molecule has 0 unspecified atom stereocenters. The number of aliphatic hydroxyl groups is 1. The van der Waals surface area contributed by atoms with E-state index in [1.807, 2.05) is 0 Å². The summed E-state index contributed by atoms with van der Waals surface area (Å²) in [6, 6.07) is 0. The Labute approximate surface area is 87.2 Å². The van der Waals surface area contributed by atoms with Gasteiger partial charge in [0, 0.05) is 6.61 Å². The predicted molar refractivity (Wildman–Crippen MR) is 59.1 cm³/mol. The maximum absolute atomic E-state index is 9.19. The summed E-state index contributed by atoms with van der Waals surface area (Å²) >= 11 is 0. The fourth-order valence-electron chi connectivity index (χ4n) is 2.87. The Hall–Kier alpha value is -0.300. The van der Waals surface area contributed by atoms with Crippen molar-refractivity contribution >= 4 is 0 Å². The third-order valence-electron chi connectivity index (χ3n) is 3.91. The minimum absolute atomic E-state index is 0.382. The van der Waals surface area contributed by atoms with Crippen LogP contribution >= 0.6 is 0 Å². The van der Waals surface area contributed by atoms with Crippen LogP contribution in [0.5, 0.6) is 0 Å². The predicted octanol–water partition coefficient (Wildman–Crippen LogP) is 3.29. The average molecular weight is 194 g/mol. The highest BCUT2D eigenvalue weighted by molar-refractivity contribution is 4.95. The second kappa shape index (κ2) is 4.48. The normalized spacial score (nSPS) is 26.1. The van der Waals surface area contributed by atoms with E-state index in [9.17, 15) is 5.11 Å². The van der Waals surface area contributed by atoms with Gasteiger partial charge in [-0.3, -0.25) is 0 Å². The summed E-state index contributed by atoms with van der Waals surface area (Å²) in [4.78, 5) is 0. The Morgan fingerprint density at radius 2 is 1.79 bits per heavy atom. The third kappa shape index (κ3) is 2.60. The molecule has 0 aromatic rings. The molecule has 2 aliphatic carbocycles. The molecule has 0 aliphatic heterocycles. The molecule has 0 atom stereocenters. The van der Waals surface area contributed by atoms with Gasteiger partial charge in [0.1, 0.15) is 0 Å². The first-order valence-corrected chi connectivity index (χ1v) is 6.11. The van der Waals surface area contributed by atoms with Crippen LogP contribution in [0.3, 0.4) is 0 Å². The number of hydrogen-bond donors (Lipinski definition) is 1. The fourth-order valence-corrected chi connectivity index (χ4v) is 2.87.